The highest BCUT2D eigenvalue weighted by atomic mass is 35.5. The number of carbonyl (C=O) groups is 1. The molecule has 0 fully saturated rings. The summed E-state index contributed by atoms with van der Waals surface area (Å²) in [7, 11) is 2.92. The predicted molar refractivity (Wildman–Crippen MR) is 119 cm³/mol. The lowest BCUT2D eigenvalue weighted by atomic mass is 10.1. The van der Waals surface area contributed by atoms with E-state index in [1.165, 1.54) is 18.7 Å². The minimum absolute atomic E-state index is 0.0749. The lowest BCUT2D eigenvalue weighted by molar-refractivity contribution is -0.0756. The second-order valence-corrected chi connectivity index (χ2v) is 7.56. The van der Waals surface area contributed by atoms with Crippen molar-refractivity contribution in [2.75, 3.05) is 14.2 Å². The topological polar surface area (TPSA) is 73.7 Å². The molecule has 1 aromatic heterocycles. The molecule has 0 saturated carbocycles. The average Bonchev–Trinajstić information content (AvgIpc) is 2.75. The number of halogens is 1. The largest absolute Gasteiger partial charge is 0.472 e. The van der Waals surface area contributed by atoms with Crippen molar-refractivity contribution < 1.29 is 14.4 Å². The SMILES string of the molecule is CON(C)C(=O)c1ccc(C)c(-n2c(C)nc(OCc3cccc(C)c3)c(Cl)c2=O)c1. The van der Waals surface area contributed by atoms with Crippen molar-refractivity contribution in [2.24, 2.45) is 0 Å². The third-order valence-corrected chi connectivity index (χ3v) is 5.20. The fourth-order valence-electron chi connectivity index (χ4n) is 3.16. The van der Waals surface area contributed by atoms with Gasteiger partial charge in [0.2, 0.25) is 5.88 Å². The van der Waals surface area contributed by atoms with E-state index in [1.807, 2.05) is 38.1 Å². The molecule has 0 spiro atoms. The molecule has 31 heavy (non-hydrogen) atoms. The lowest BCUT2D eigenvalue weighted by Gasteiger charge is -2.17. The van der Waals surface area contributed by atoms with Gasteiger partial charge >= 0.3 is 0 Å². The number of aromatic nitrogens is 2. The Morgan fingerprint density at radius 1 is 1.16 bits per heavy atom. The van der Waals surface area contributed by atoms with Crippen LogP contribution in [0.25, 0.3) is 5.69 Å². The second kappa shape index (κ2) is 9.32. The molecule has 7 nitrogen and oxygen atoms in total. The van der Waals surface area contributed by atoms with E-state index in [2.05, 4.69) is 4.98 Å². The first-order chi connectivity index (χ1) is 14.7. The van der Waals surface area contributed by atoms with Crippen molar-refractivity contribution >= 4 is 17.5 Å². The molecule has 1 amide bonds. The maximum Gasteiger partial charge on any atom is 0.280 e. The number of benzene rings is 2. The summed E-state index contributed by atoms with van der Waals surface area (Å²) in [6.07, 6.45) is 0. The zero-order valence-corrected chi connectivity index (χ0v) is 18.9. The molecular weight excluding hydrogens is 418 g/mol. The van der Waals surface area contributed by atoms with Crippen molar-refractivity contribution in [2.45, 2.75) is 27.4 Å². The summed E-state index contributed by atoms with van der Waals surface area (Å²) in [5.74, 6) is 0.124. The van der Waals surface area contributed by atoms with Crippen molar-refractivity contribution in [3.63, 3.8) is 0 Å². The van der Waals surface area contributed by atoms with E-state index >= 15 is 0 Å². The summed E-state index contributed by atoms with van der Waals surface area (Å²) >= 11 is 6.33. The summed E-state index contributed by atoms with van der Waals surface area (Å²) < 4.78 is 7.11. The number of rotatable bonds is 6. The third kappa shape index (κ3) is 4.78. The van der Waals surface area contributed by atoms with Gasteiger partial charge in [-0.15, -0.1) is 0 Å². The molecule has 2 aromatic carbocycles. The maximum atomic E-state index is 13.1. The summed E-state index contributed by atoms with van der Waals surface area (Å²) in [5.41, 5.74) is 3.25. The van der Waals surface area contributed by atoms with Crippen molar-refractivity contribution in [1.29, 1.82) is 0 Å². The van der Waals surface area contributed by atoms with Gasteiger partial charge in [0.15, 0.2) is 5.02 Å². The van der Waals surface area contributed by atoms with E-state index in [9.17, 15) is 9.59 Å². The number of hydrogen-bond acceptors (Lipinski definition) is 5. The van der Waals surface area contributed by atoms with Gasteiger partial charge in [-0.25, -0.2) is 5.06 Å². The van der Waals surface area contributed by atoms with Crippen molar-refractivity contribution in [3.8, 4) is 11.6 Å². The quantitative estimate of drug-likeness (QED) is 0.540. The summed E-state index contributed by atoms with van der Waals surface area (Å²) in [4.78, 5) is 34.9. The van der Waals surface area contributed by atoms with Gasteiger partial charge in [0.25, 0.3) is 11.5 Å². The van der Waals surface area contributed by atoms with Crippen LogP contribution in [0.5, 0.6) is 5.88 Å². The van der Waals surface area contributed by atoms with Crippen molar-refractivity contribution in [1.82, 2.24) is 14.6 Å². The second-order valence-electron chi connectivity index (χ2n) is 7.18. The van der Waals surface area contributed by atoms with Gasteiger partial charge in [-0.1, -0.05) is 47.5 Å². The van der Waals surface area contributed by atoms with Crippen LogP contribution in [0.4, 0.5) is 0 Å². The van der Waals surface area contributed by atoms with Gasteiger partial charge in [0, 0.05) is 12.6 Å². The van der Waals surface area contributed by atoms with Gasteiger partial charge in [0.05, 0.1) is 12.8 Å². The highest BCUT2D eigenvalue weighted by Gasteiger charge is 2.19. The Bertz CT molecular complexity index is 1190. The number of carbonyl (C=O) groups excluding carboxylic acids is 1. The molecule has 0 aliphatic heterocycles. The van der Waals surface area contributed by atoms with Crippen LogP contribution in [-0.2, 0) is 11.4 Å². The molecule has 162 valence electrons. The van der Waals surface area contributed by atoms with Crippen LogP contribution in [-0.4, -0.2) is 34.7 Å². The van der Waals surface area contributed by atoms with E-state index in [4.69, 9.17) is 21.2 Å². The Labute approximate surface area is 185 Å². The van der Waals surface area contributed by atoms with Crippen LogP contribution in [0.3, 0.4) is 0 Å². The Kier molecular flexibility index (Phi) is 6.77. The van der Waals surface area contributed by atoms with Gasteiger partial charge in [-0.05, 0) is 44.0 Å². The van der Waals surface area contributed by atoms with Gasteiger partial charge in [-0.3, -0.25) is 19.0 Å². The molecule has 0 atom stereocenters. The van der Waals surface area contributed by atoms with E-state index in [0.29, 0.717) is 17.1 Å². The molecule has 0 N–H and O–H groups in total. The Morgan fingerprint density at radius 2 is 1.90 bits per heavy atom. The monoisotopic (exact) mass is 441 g/mol. The molecule has 0 radical (unpaired) electrons. The average molecular weight is 442 g/mol. The van der Waals surface area contributed by atoms with Crippen LogP contribution in [0, 0.1) is 20.8 Å². The minimum atomic E-state index is -0.471. The first-order valence-corrected chi connectivity index (χ1v) is 10.0. The first kappa shape index (κ1) is 22.5. The van der Waals surface area contributed by atoms with E-state index in [0.717, 1.165) is 21.8 Å². The summed E-state index contributed by atoms with van der Waals surface area (Å²) in [6, 6.07) is 12.9. The summed E-state index contributed by atoms with van der Waals surface area (Å²) in [5, 5.41) is 0.987. The van der Waals surface area contributed by atoms with Gasteiger partial charge < -0.3 is 4.74 Å². The van der Waals surface area contributed by atoms with Crippen LogP contribution in [0.15, 0.2) is 47.3 Å². The van der Waals surface area contributed by atoms with Crippen LogP contribution >= 0.6 is 11.6 Å². The lowest BCUT2D eigenvalue weighted by Crippen LogP contribution is -2.27. The maximum absolute atomic E-state index is 13.1. The fourth-order valence-corrected chi connectivity index (χ4v) is 3.34. The molecule has 0 saturated heterocycles. The fraction of sp³-hybridized carbons (Fsp3) is 0.261. The van der Waals surface area contributed by atoms with E-state index in [1.54, 1.807) is 25.1 Å². The molecule has 1 heterocycles. The van der Waals surface area contributed by atoms with E-state index in [-0.39, 0.29) is 23.4 Å². The Hall–Kier alpha value is -3.16. The highest BCUT2D eigenvalue weighted by Crippen LogP contribution is 2.23. The Morgan fingerprint density at radius 3 is 2.58 bits per heavy atom. The smallest absolute Gasteiger partial charge is 0.280 e. The zero-order valence-electron chi connectivity index (χ0n) is 18.1. The van der Waals surface area contributed by atoms with Gasteiger partial charge in [-0.2, -0.15) is 4.98 Å². The normalized spacial score (nSPS) is 10.8. The minimum Gasteiger partial charge on any atom is -0.472 e. The molecule has 0 aliphatic rings. The molecule has 3 rings (SSSR count). The third-order valence-electron chi connectivity index (χ3n) is 4.88. The number of amides is 1. The molecular formula is C23H24ClN3O4. The molecule has 3 aromatic rings. The van der Waals surface area contributed by atoms with E-state index < -0.39 is 5.56 Å². The standard InChI is InChI=1S/C23H24ClN3O4/c1-14-7-6-8-17(11-14)13-31-21-20(24)23(29)27(16(3)25-21)19-12-18(10-9-15(19)2)22(28)26(4)30-5/h6-12H,13H2,1-5H3. The summed E-state index contributed by atoms with van der Waals surface area (Å²) in [6.45, 7) is 5.76. The number of nitrogens with zero attached hydrogens (tertiary/aromatic N) is 3. The van der Waals surface area contributed by atoms with Crippen LogP contribution in [0.2, 0.25) is 5.02 Å². The highest BCUT2D eigenvalue weighted by molar-refractivity contribution is 6.31. The van der Waals surface area contributed by atoms with Crippen molar-refractivity contribution in [3.05, 3.63) is 85.9 Å². The molecule has 0 bridgehead atoms. The van der Waals surface area contributed by atoms with Crippen LogP contribution in [0.1, 0.15) is 32.9 Å². The number of ether oxygens (including phenoxy) is 1. The molecule has 0 aliphatic carbocycles. The first-order valence-electron chi connectivity index (χ1n) is 9.63. The number of hydroxylamine groups is 2. The Balaban J connectivity index is 1.99. The predicted octanol–water partition coefficient (Wildman–Crippen LogP) is 4.02. The number of hydrogen-bond donors (Lipinski definition) is 0. The zero-order chi connectivity index (χ0) is 22.7. The van der Waals surface area contributed by atoms with Crippen LogP contribution < -0.4 is 10.3 Å². The molecule has 8 heteroatoms. The van der Waals surface area contributed by atoms with Gasteiger partial charge in [0.1, 0.15) is 12.4 Å². The molecule has 0 unspecified atom stereocenters. The number of aryl methyl sites for hydroxylation is 3.